The van der Waals surface area contributed by atoms with Gasteiger partial charge >= 0.3 is 6.09 Å². The molecule has 0 saturated heterocycles. The smallest absolute Gasteiger partial charge is 0.417 e. The topological polar surface area (TPSA) is 89.5 Å². The quantitative estimate of drug-likeness (QED) is 0.324. The third-order valence-electron chi connectivity index (χ3n) is 5.79. The molecule has 0 aliphatic heterocycles. The summed E-state index contributed by atoms with van der Waals surface area (Å²) in [6.45, 7) is 0. The summed E-state index contributed by atoms with van der Waals surface area (Å²) >= 11 is 0. The highest BCUT2D eigenvalue weighted by molar-refractivity contribution is 5.95. The maximum atomic E-state index is 12.8. The van der Waals surface area contributed by atoms with E-state index in [0.29, 0.717) is 28.5 Å². The molecule has 1 N–H and O–H groups in total. The molecule has 0 bridgehead atoms. The van der Waals surface area contributed by atoms with Gasteiger partial charge in [-0.1, -0.05) is 18.2 Å². The van der Waals surface area contributed by atoms with E-state index in [4.69, 9.17) is 14.2 Å². The molecule has 1 saturated carbocycles. The van der Waals surface area contributed by atoms with Gasteiger partial charge in [0.1, 0.15) is 5.75 Å². The lowest BCUT2D eigenvalue weighted by molar-refractivity contribution is 0.0800. The molecular formula is C28H29N3O5. The number of rotatable bonds is 8. The Morgan fingerprint density at radius 2 is 1.69 bits per heavy atom. The molecule has 4 rings (SSSR count). The largest absolute Gasteiger partial charge is 0.493 e. The molecule has 1 aliphatic rings. The van der Waals surface area contributed by atoms with Gasteiger partial charge in [0.15, 0.2) is 11.5 Å². The van der Waals surface area contributed by atoms with Gasteiger partial charge in [-0.3, -0.25) is 10.1 Å². The summed E-state index contributed by atoms with van der Waals surface area (Å²) in [5.41, 5.74) is 1.73. The average Bonchev–Trinajstić information content (AvgIpc) is 3.41. The molecule has 2 amide bonds. The van der Waals surface area contributed by atoms with Crippen molar-refractivity contribution in [2.75, 3.05) is 19.5 Å². The first-order valence-corrected chi connectivity index (χ1v) is 11.8. The molecule has 0 radical (unpaired) electrons. The van der Waals surface area contributed by atoms with Gasteiger partial charge in [-0.15, -0.1) is 0 Å². The number of para-hydroxylation sites is 1. The summed E-state index contributed by atoms with van der Waals surface area (Å²) in [6.07, 6.45) is 5.63. The van der Waals surface area contributed by atoms with Crippen molar-refractivity contribution < 1.29 is 23.8 Å². The summed E-state index contributed by atoms with van der Waals surface area (Å²) in [7, 11) is 3.20. The third-order valence-corrected chi connectivity index (χ3v) is 5.79. The lowest BCUT2D eigenvalue weighted by Crippen LogP contribution is -2.21. The van der Waals surface area contributed by atoms with Crippen LogP contribution < -0.4 is 19.5 Å². The van der Waals surface area contributed by atoms with Crippen molar-refractivity contribution in [1.29, 1.82) is 0 Å². The van der Waals surface area contributed by atoms with Crippen LogP contribution >= 0.6 is 0 Å². The van der Waals surface area contributed by atoms with Crippen LogP contribution in [0, 0.1) is 0 Å². The van der Waals surface area contributed by atoms with Crippen molar-refractivity contribution in [3.8, 4) is 17.2 Å². The Bertz CT molecular complexity index is 1210. The Balaban J connectivity index is 1.35. The summed E-state index contributed by atoms with van der Waals surface area (Å²) < 4.78 is 16.8. The predicted molar refractivity (Wildman–Crippen MR) is 138 cm³/mol. The minimum atomic E-state index is -0.613. The van der Waals surface area contributed by atoms with Gasteiger partial charge in [0.05, 0.1) is 19.4 Å². The van der Waals surface area contributed by atoms with Gasteiger partial charge in [-0.2, -0.15) is 5.10 Å². The van der Waals surface area contributed by atoms with Gasteiger partial charge in [0.25, 0.3) is 5.91 Å². The fourth-order valence-electron chi connectivity index (χ4n) is 3.88. The van der Waals surface area contributed by atoms with Gasteiger partial charge in [0.2, 0.25) is 0 Å². The minimum Gasteiger partial charge on any atom is -0.493 e. The van der Waals surface area contributed by atoms with E-state index in [1.165, 1.54) is 17.9 Å². The van der Waals surface area contributed by atoms with E-state index >= 15 is 0 Å². The van der Waals surface area contributed by atoms with E-state index in [1.807, 2.05) is 24.3 Å². The van der Waals surface area contributed by atoms with Gasteiger partial charge < -0.3 is 14.2 Å². The Morgan fingerprint density at radius 1 is 0.972 bits per heavy atom. The summed E-state index contributed by atoms with van der Waals surface area (Å²) in [6, 6.07) is 20.8. The molecule has 8 nitrogen and oxygen atoms in total. The SMILES string of the molecule is COc1ccc(C=NN(C)C(=O)c2ccc(NC(=O)Oc3ccccc3)cc2)cc1OC1CCCC1. The van der Waals surface area contributed by atoms with Crippen LogP contribution in [0.1, 0.15) is 41.6 Å². The first-order valence-electron chi connectivity index (χ1n) is 11.8. The number of nitrogens with zero attached hydrogens (tertiary/aromatic N) is 2. The normalized spacial score (nSPS) is 13.4. The highest BCUT2D eigenvalue weighted by Crippen LogP contribution is 2.32. The molecule has 0 aromatic heterocycles. The van der Waals surface area contributed by atoms with E-state index in [1.54, 1.807) is 68.9 Å². The van der Waals surface area contributed by atoms with Gasteiger partial charge in [-0.25, -0.2) is 9.80 Å². The molecule has 0 heterocycles. The van der Waals surface area contributed by atoms with Crippen LogP contribution in [0.4, 0.5) is 10.5 Å². The molecule has 0 spiro atoms. The van der Waals surface area contributed by atoms with Gasteiger partial charge in [-0.05, 0) is 85.8 Å². The van der Waals surface area contributed by atoms with Crippen LogP contribution in [-0.2, 0) is 0 Å². The van der Waals surface area contributed by atoms with Crippen LogP contribution in [0.3, 0.4) is 0 Å². The van der Waals surface area contributed by atoms with E-state index < -0.39 is 6.09 Å². The fourth-order valence-corrected chi connectivity index (χ4v) is 3.88. The molecule has 0 unspecified atom stereocenters. The van der Waals surface area contributed by atoms with Crippen molar-refractivity contribution in [3.63, 3.8) is 0 Å². The van der Waals surface area contributed by atoms with Crippen molar-refractivity contribution >= 4 is 23.9 Å². The molecule has 36 heavy (non-hydrogen) atoms. The maximum Gasteiger partial charge on any atom is 0.417 e. The Kier molecular flexibility index (Phi) is 8.18. The van der Waals surface area contributed by atoms with Crippen LogP contribution in [-0.4, -0.2) is 43.5 Å². The summed E-state index contributed by atoms with van der Waals surface area (Å²) in [5.74, 6) is 1.50. The maximum absolute atomic E-state index is 12.8. The minimum absolute atomic E-state index is 0.202. The number of amides is 2. The molecule has 186 valence electrons. The van der Waals surface area contributed by atoms with Crippen LogP contribution in [0.2, 0.25) is 0 Å². The fraction of sp³-hybridized carbons (Fsp3) is 0.250. The van der Waals surface area contributed by atoms with E-state index in [9.17, 15) is 9.59 Å². The number of ether oxygens (including phenoxy) is 3. The van der Waals surface area contributed by atoms with Gasteiger partial charge in [0, 0.05) is 18.3 Å². The number of carbonyl (C=O) groups excluding carboxylic acids is 2. The van der Waals surface area contributed by atoms with Crippen molar-refractivity contribution in [1.82, 2.24) is 5.01 Å². The second-order valence-corrected chi connectivity index (χ2v) is 8.41. The van der Waals surface area contributed by atoms with E-state index in [2.05, 4.69) is 10.4 Å². The van der Waals surface area contributed by atoms with Crippen molar-refractivity contribution in [2.45, 2.75) is 31.8 Å². The number of anilines is 1. The average molecular weight is 488 g/mol. The van der Waals surface area contributed by atoms with E-state index in [0.717, 1.165) is 18.4 Å². The second-order valence-electron chi connectivity index (χ2n) is 8.41. The lowest BCUT2D eigenvalue weighted by Gasteiger charge is -2.16. The van der Waals surface area contributed by atoms with Crippen LogP contribution in [0.5, 0.6) is 17.2 Å². The number of methoxy groups -OCH3 is 1. The number of carbonyl (C=O) groups is 2. The molecule has 0 atom stereocenters. The number of benzene rings is 3. The van der Waals surface area contributed by atoms with Crippen molar-refractivity contribution in [2.24, 2.45) is 5.10 Å². The number of hydrazone groups is 1. The highest BCUT2D eigenvalue weighted by atomic mass is 16.6. The molecule has 3 aromatic carbocycles. The molecule has 1 fully saturated rings. The molecule has 8 heteroatoms. The number of nitrogens with one attached hydrogen (secondary N) is 1. The zero-order valence-electron chi connectivity index (χ0n) is 20.3. The van der Waals surface area contributed by atoms with E-state index in [-0.39, 0.29) is 12.0 Å². The zero-order valence-corrected chi connectivity index (χ0v) is 20.3. The zero-order chi connectivity index (χ0) is 25.3. The van der Waals surface area contributed by atoms with Crippen LogP contribution in [0.15, 0.2) is 77.9 Å². The summed E-state index contributed by atoms with van der Waals surface area (Å²) in [4.78, 5) is 24.8. The first kappa shape index (κ1) is 24.8. The van der Waals surface area contributed by atoms with Crippen molar-refractivity contribution in [3.05, 3.63) is 83.9 Å². The number of hydrogen-bond donors (Lipinski definition) is 1. The Hall–Kier alpha value is -4.33. The number of hydrogen-bond acceptors (Lipinski definition) is 6. The molecular weight excluding hydrogens is 458 g/mol. The third kappa shape index (κ3) is 6.63. The monoisotopic (exact) mass is 487 g/mol. The van der Waals surface area contributed by atoms with Crippen LogP contribution in [0.25, 0.3) is 0 Å². The lowest BCUT2D eigenvalue weighted by atomic mass is 10.2. The Labute approximate surface area is 210 Å². The predicted octanol–water partition coefficient (Wildman–Crippen LogP) is 5.73. The standard InChI is InChI=1S/C28H29N3O5/c1-31(29-19-20-12-17-25(34-2)26(18-20)35-23-10-6-7-11-23)27(32)21-13-15-22(16-14-21)30-28(33)36-24-8-4-3-5-9-24/h3-5,8-9,12-19,23H,6-7,10-11H2,1-2H3,(H,30,33). The summed E-state index contributed by atoms with van der Waals surface area (Å²) in [5, 5.41) is 8.18. The molecule has 1 aliphatic carbocycles. The Morgan fingerprint density at radius 3 is 2.39 bits per heavy atom. The first-order chi connectivity index (χ1) is 17.5. The second kappa shape index (κ2) is 11.9. The molecule has 3 aromatic rings. The highest BCUT2D eigenvalue weighted by Gasteiger charge is 2.18.